The average molecular weight is 491 g/mol. The first-order chi connectivity index (χ1) is 13.4. The summed E-state index contributed by atoms with van der Waals surface area (Å²) >= 11 is 2.06. The number of ether oxygens (including phenoxy) is 3. The summed E-state index contributed by atoms with van der Waals surface area (Å²) in [7, 11) is 0. The van der Waals surface area contributed by atoms with Crippen LogP contribution in [0.4, 0.5) is 0 Å². The van der Waals surface area contributed by atoms with E-state index in [2.05, 4.69) is 27.6 Å². The molecule has 144 valence electrons. The fourth-order valence-electron chi connectivity index (χ4n) is 2.67. The zero-order chi connectivity index (χ0) is 20.3. The Morgan fingerprint density at radius 1 is 1.29 bits per heavy atom. The predicted molar refractivity (Wildman–Crippen MR) is 113 cm³/mol. The summed E-state index contributed by atoms with van der Waals surface area (Å²) in [5, 5.41) is 0. The summed E-state index contributed by atoms with van der Waals surface area (Å²) in [5.41, 5.74) is 2.62. The molecule has 2 aromatic carbocycles. The second kappa shape index (κ2) is 8.55. The SMILES string of the molecule is CCOc1cc(/C=C2\N=C(c3ccccc3C)OC2=O)cc(I)c1OC(C)=O. The maximum Gasteiger partial charge on any atom is 0.363 e. The Morgan fingerprint density at radius 2 is 2.04 bits per heavy atom. The number of hydrogen-bond acceptors (Lipinski definition) is 6. The minimum atomic E-state index is -0.518. The smallest absolute Gasteiger partial charge is 0.363 e. The molecular formula is C21H18INO5. The molecule has 28 heavy (non-hydrogen) atoms. The number of nitrogens with zero attached hydrogens (tertiary/aromatic N) is 1. The molecule has 1 heterocycles. The van der Waals surface area contributed by atoms with Crippen molar-refractivity contribution >= 4 is 46.5 Å². The lowest BCUT2D eigenvalue weighted by Gasteiger charge is -2.12. The normalized spacial score (nSPS) is 14.6. The molecule has 0 saturated carbocycles. The number of aliphatic imine (C=N–C) groups is 1. The summed E-state index contributed by atoms with van der Waals surface area (Å²) in [5.74, 6) is 0.110. The van der Waals surface area contributed by atoms with Crippen LogP contribution in [0, 0.1) is 10.5 Å². The van der Waals surface area contributed by atoms with Crippen molar-refractivity contribution in [3.63, 3.8) is 0 Å². The Kier molecular flexibility index (Phi) is 6.13. The van der Waals surface area contributed by atoms with E-state index in [0.717, 1.165) is 11.1 Å². The molecule has 7 heteroatoms. The third-order valence-electron chi connectivity index (χ3n) is 3.88. The fraction of sp³-hybridized carbons (Fsp3) is 0.190. The highest BCUT2D eigenvalue weighted by atomic mass is 127. The lowest BCUT2D eigenvalue weighted by Crippen LogP contribution is -2.07. The van der Waals surface area contributed by atoms with Crippen molar-refractivity contribution in [2.45, 2.75) is 20.8 Å². The molecule has 0 aliphatic carbocycles. The standard InChI is InChI=1S/C21H18INO5/c1-4-26-18-11-14(9-16(22)19(18)27-13(3)24)10-17-21(25)28-20(23-17)15-8-6-5-7-12(15)2/h5-11H,4H2,1-3H3/b17-10-. The van der Waals surface area contributed by atoms with Crippen LogP contribution < -0.4 is 9.47 Å². The van der Waals surface area contributed by atoms with Crippen LogP contribution in [-0.4, -0.2) is 24.4 Å². The number of hydrogen-bond donors (Lipinski definition) is 0. The lowest BCUT2D eigenvalue weighted by atomic mass is 10.1. The van der Waals surface area contributed by atoms with E-state index in [4.69, 9.17) is 14.2 Å². The van der Waals surface area contributed by atoms with E-state index in [1.165, 1.54) is 6.92 Å². The van der Waals surface area contributed by atoms with Crippen LogP contribution in [0.1, 0.15) is 30.5 Å². The van der Waals surface area contributed by atoms with E-state index in [-0.39, 0.29) is 11.6 Å². The van der Waals surface area contributed by atoms with E-state index in [1.54, 1.807) is 18.2 Å². The summed E-state index contributed by atoms with van der Waals surface area (Å²) in [6, 6.07) is 11.0. The van der Waals surface area contributed by atoms with Crippen molar-refractivity contribution in [2.24, 2.45) is 4.99 Å². The van der Waals surface area contributed by atoms with Gasteiger partial charge in [0.25, 0.3) is 0 Å². The van der Waals surface area contributed by atoms with Crippen LogP contribution >= 0.6 is 22.6 Å². The Morgan fingerprint density at radius 3 is 2.71 bits per heavy atom. The molecule has 0 saturated heterocycles. The van der Waals surface area contributed by atoms with Gasteiger partial charge in [0.05, 0.1) is 10.2 Å². The molecule has 0 fully saturated rings. The molecule has 1 aliphatic rings. The van der Waals surface area contributed by atoms with Gasteiger partial charge >= 0.3 is 11.9 Å². The molecule has 3 rings (SSSR count). The average Bonchev–Trinajstić information content (AvgIpc) is 2.99. The number of esters is 2. The second-order valence-electron chi connectivity index (χ2n) is 6.01. The zero-order valence-electron chi connectivity index (χ0n) is 15.6. The first-order valence-corrected chi connectivity index (χ1v) is 9.70. The summed E-state index contributed by atoms with van der Waals surface area (Å²) in [6.45, 7) is 5.50. The predicted octanol–water partition coefficient (Wildman–Crippen LogP) is 4.27. The third kappa shape index (κ3) is 4.41. The van der Waals surface area contributed by atoms with Crippen molar-refractivity contribution in [1.29, 1.82) is 0 Å². The van der Waals surface area contributed by atoms with Gasteiger partial charge in [-0.05, 0) is 71.8 Å². The number of carbonyl (C=O) groups excluding carboxylic acids is 2. The number of aryl methyl sites for hydroxylation is 1. The molecule has 1 aliphatic heterocycles. The van der Waals surface area contributed by atoms with Crippen molar-refractivity contribution in [3.05, 3.63) is 62.4 Å². The monoisotopic (exact) mass is 491 g/mol. The van der Waals surface area contributed by atoms with Gasteiger partial charge in [0, 0.05) is 12.5 Å². The molecule has 2 aromatic rings. The van der Waals surface area contributed by atoms with Crippen LogP contribution in [0.2, 0.25) is 0 Å². The van der Waals surface area contributed by atoms with Gasteiger partial charge in [0.2, 0.25) is 5.90 Å². The van der Waals surface area contributed by atoms with Gasteiger partial charge in [0.1, 0.15) is 0 Å². The molecule has 0 atom stereocenters. The molecule has 0 bridgehead atoms. The minimum absolute atomic E-state index is 0.191. The maximum absolute atomic E-state index is 12.3. The van der Waals surface area contributed by atoms with Crippen LogP contribution in [0.15, 0.2) is 47.1 Å². The van der Waals surface area contributed by atoms with Gasteiger partial charge < -0.3 is 14.2 Å². The molecule has 6 nitrogen and oxygen atoms in total. The lowest BCUT2D eigenvalue weighted by molar-refractivity contribution is -0.132. The van der Waals surface area contributed by atoms with Crippen LogP contribution in [0.5, 0.6) is 11.5 Å². The molecule has 0 amide bonds. The number of halogens is 1. The summed E-state index contributed by atoms with van der Waals surface area (Å²) in [4.78, 5) is 28.0. The topological polar surface area (TPSA) is 74.2 Å². The quantitative estimate of drug-likeness (QED) is 0.271. The van der Waals surface area contributed by atoms with Crippen molar-refractivity contribution < 1.29 is 23.8 Å². The highest BCUT2D eigenvalue weighted by Crippen LogP contribution is 2.35. The molecule has 0 aromatic heterocycles. The third-order valence-corrected chi connectivity index (χ3v) is 4.68. The Labute approximate surface area is 176 Å². The summed E-state index contributed by atoms with van der Waals surface area (Å²) < 4.78 is 16.9. The number of rotatable bonds is 5. The van der Waals surface area contributed by atoms with Crippen LogP contribution in [-0.2, 0) is 14.3 Å². The molecule has 0 radical (unpaired) electrons. The van der Waals surface area contributed by atoms with E-state index >= 15 is 0 Å². The summed E-state index contributed by atoms with van der Waals surface area (Å²) in [6.07, 6.45) is 1.62. The van der Waals surface area contributed by atoms with Gasteiger partial charge in [-0.15, -0.1) is 0 Å². The van der Waals surface area contributed by atoms with Crippen LogP contribution in [0.25, 0.3) is 6.08 Å². The highest BCUT2D eigenvalue weighted by molar-refractivity contribution is 14.1. The van der Waals surface area contributed by atoms with Gasteiger partial charge in [0.15, 0.2) is 17.2 Å². The van der Waals surface area contributed by atoms with Crippen molar-refractivity contribution in [1.82, 2.24) is 0 Å². The molecule has 0 unspecified atom stereocenters. The van der Waals surface area contributed by atoms with Gasteiger partial charge in [-0.25, -0.2) is 9.79 Å². The van der Waals surface area contributed by atoms with Crippen LogP contribution in [0.3, 0.4) is 0 Å². The minimum Gasteiger partial charge on any atom is -0.490 e. The second-order valence-corrected chi connectivity index (χ2v) is 7.17. The van der Waals surface area contributed by atoms with Gasteiger partial charge in [-0.1, -0.05) is 18.2 Å². The number of carbonyl (C=O) groups is 2. The van der Waals surface area contributed by atoms with Crippen molar-refractivity contribution in [2.75, 3.05) is 6.61 Å². The Hall–Kier alpha value is -2.68. The molecule has 0 N–H and O–H groups in total. The first-order valence-electron chi connectivity index (χ1n) is 8.62. The van der Waals surface area contributed by atoms with E-state index in [0.29, 0.717) is 27.2 Å². The maximum atomic E-state index is 12.3. The van der Waals surface area contributed by atoms with Gasteiger partial charge in [-0.3, -0.25) is 4.79 Å². The van der Waals surface area contributed by atoms with Crippen molar-refractivity contribution in [3.8, 4) is 11.5 Å². The Balaban J connectivity index is 1.99. The molecular weight excluding hydrogens is 473 g/mol. The first kappa shape index (κ1) is 20.1. The zero-order valence-corrected chi connectivity index (χ0v) is 17.8. The van der Waals surface area contributed by atoms with E-state index in [9.17, 15) is 9.59 Å². The van der Waals surface area contributed by atoms with E-state index < -0.39 is 11.9 Å². The van der Waals surface area contributed by atoms with E-state index in [1.807, 2.05) is 38.1 Å². The largest absolute Gasteiger partial charge is 0.490 e. The van der Waals surface area contributed by atoms with Gasteiger partial charge in [-0.2, -0.15) is 0 Å². The fourth-order valence-corrected chi connectivity index (χ4v) is 3.41. The molecule has 0 spiro atoms. The number of benzene rings is 2. The number of cyclic esters (lactones) is 1. The Bertz CT molecular complexity index is 1010. The highest BCUT2D eigenvalue weighted by Gasteiger charge is 2.25.